The highest BCUT2D eigenvalue weighted by molar-refractivity contribution is 14.0. The Hall–Kier alpha value is -1.28. The molecular formula is C19H28F3IN4O3S. The highest BCUT2D eigenvalue weighted by atomic mass is 127. The van der Waals surface area contributed by atoms with Crippen LogP contribution in [0.3, 0.4) is 0 Å². The number of nitrogens with zero attached hydrogens (tertiary/aromatic N) is 2. The molecule has 1 aromatic rings. The molecule has 31 heavy (non-hydrogen) atoms. The van der Waals surface area contributed by atoms with E-state index in [1.165, 1.54) is 0 Å². The molecule has 3 rings (SSSR count). The lowest BCUT2D eigenvalue weighted by Crippen LogP contribution is -2.51. The first-order valence-corrected chi connectivity index (χ1v) is 11.5. The topological polar surface area (TPSA) is 83.0 Å². The number of benzene rings is 1. The lowest BCUT2D eigenvalue weighted by molar-refractivity contribution is -0.0494. The van der Waals surface area contributed by atoms with Crippen LogP contribution in [0, 0.1) is 0 Å². The molecule has 2 N–H and O–H groups in total. The standard InChI is InChI=1S/C19H27F3N4O3S.HI/c1-2-23-18(24-13-14-9-12-29-17-6-4-3-5-16(14)17)25-15-7-10-26(11-8-15)30(27,28)19(20,21)22;/h3-6,14-15H,2,7-13H2,1H3,(H2,23,24,25);1H. The first-order chi connectivity index (χ1) is 14.2. The van der Waals surface area contributed by atoms with Gasteiger partial charge in [0.25, 0.3) is 0 Å². The van der Waals surface area contributed by atoms with Gasteiger partial charge < -0.3 is 15.4 Å². The number of para-hydroxylation sites is 1. The number of sulfonamides is 1. The van der Waals surface area contributed by atoms with Crippen molar-refractivity contribution < 1.29 is 26.3 Å². The van der Waals surface area contributed by atoms with Crippen LogP contribution < -0.4 is 15.4 Å². The molecular weight excluding hydrogens is 548 g/mol. The molecule has 0 saturated carbocycles. The molecule has 0 spiro atoms. The van der Waals surface area contributed by atoms with Crippen LogP contribution >= 0.6 is 24.0 Å². The quantitative estimate of drug-likeness (QED) is 0.320. The number of hydrogen-bond donors (Lipinski definition) is 2. The first kappa shape index (κ1) is 26.0. The summed E-state index contributed by atoms with van der Waals surface area (Å²) >= 11 is 0. The monoisotopic (exact) mass is 576 g/mol. The Balaban J connectivity index is 0.00000341. The predicted octanol–water partition coefficient (Wildman–Crippen LogP) is 3.04. The minimum absolute atomic E-state index is 0. The maximum absolute atomic E-state index is 12.7. The van der Waals surface area contributed by atoms with Crippen LogP contribution in [0.4, 0.5) is 13.2 Å². The highest BCUT2D eigenvalue weighted by Crippen LogP contribution is 2.33. The minimum Gasteiger partial charge on any atom is -0.493 e. The number of rotatable bonds is 5. The van der Waals surface area contributed by atoms with E-state index in [4.69, 9.17) is 4.74 Å². The maximum atomic E-state index is 12.7. The molecule has 7 nitrogen and oxygen atoms in total. The third-order valence-corrected chi connectivity index (χ3v) is 6.95. The van der Waals surface area contributed by atoms with Gasteiger partial charge in [-0.05, 0) is 37.8 Å². The Morgan fingerprint density at radius 2 is 1.90 bits per heavy atom. The number of aliphatic imine (C=N–C) groups is 1. The van der Waals surface area contributed by atoms with Crippen molar-refractivity contribution >= 4 is 40.0 Å². The zero-order valence-corrected chi connectivity index (χ0v) is 20.3. The number of piperidine rings is 1. The molecule has 1 unspecified atom stereocenters. The van der Waals surface area contributed by atoms with E-state index in [9.17, 15) is 21.6 Å². The van der Waals surface area contributed by atoms with Gasteiger partial charge in [-0.1, -0.05) is 18.2 Å². The number of nitrogens with one attached hydrogen (secondary N) is 2. The number of alkyl halides is 3. The number of ether oxygens (including phenoxy) is 1. The third kappa shape index (κ3) is 6.37. The van der Waals surface area contributed by atoms with Gasteiger partial charge in [0.2, 0.25) is 0 Å². The fourth-order valence-corrected chi connectivity index (χ4v) is 4.69. The molecule has 12 heteroatoms. The van der Waals surface area contributed by atoms with Crippen LogP contribution in [0.1, 0.15) is 37.7 Å². The number of guanidine groups is 1. The summed E-state index contributed by atoms with van der Waals surface area (Å²) in [6.45, 7) is 3.40. The number of halogens is 4. The zero-order chi connectivity index (χ0) is 21.8. The van der Waals surface area contributed by atoms with Crippen LogP contribution in [0.5, 0.6) is 5.75 Å². The molecule has 0 aromatic heterocycles. The van der Waals surface area contributed by atoms with Gasteiger partial charge in [-0.25, -0.2) is 8.42 Å². The van der Waals surface area contributed by atoms with E-state index < -0.39 is 15.5 Å². The van der Waals surface area contributed by atoms with E-state index >= 15 is 0 Å². The van der Waals surface area contributed by atoms with Crippen molar-refractivity contribution in [3.63, 3.8) is 0 Å². The fraction of sp³-hybridized carbons (Fsp3) is 0.632. The summed E-state index contributed by atoms with van der Waals surface area (Å²) < 4.78 is 67.5. The normalized spacial score (nSPS) is 20.9. The molecule has 176 valence electrons. The van der Waals surface area contributed by atoms with Gasteiger partial charge in [-0.15, -0.1) is 24.0 Å². The second kappa shape index (κ2) is 11.0. The van der Waals surface area contributed by atoms with Crippen LogP contribution in [-0.4, -0.2) is 63.0 Å². The van der Waals surface area contributed by atoms with Crippen molar-refractivity contribution in [3.8, 4) is 5.75 Å². The third-order valence-electron chi connectivity index (χ3n) is 5.32. The molecule has 0 aliphatic carbocycles. The lowest BCUT2D eigenvalue weighted by atomic mass is 9.93. The van der Waals surface area contributed by atoms with E-state index in [2.05, 4.69) is 15.6 Å². The molecule has 1 fully saturated rings. The van der Waals surface area contributed by atoms with Crippen molar-refractivity contribution in [1.82, 2.24) is 14.9 Å². The summed E-state index contributed by atoms with van der Waals surface area (Å²) in [6, 6.07) is 7.73. The van der Waals surface area contributed by atoms with Crippen molar-refractivity contribution in [2.45, 2.75) is 43.7 Å². The SMILES string of the molecule is CCNC(=NCC1CCOc2ccccc21)NC1CCN(S(=O)(=O)C(F)(F)F)CC1.I. The summed E-state index contributed by atoms with van der Waals surface area (Å²) in [4.78, 5) is 4.66. The van der Waals surface area contributed by atoms with Crippen molar-refractivity contribution in [1.29, 1.82) is 0 Å². The van der Waals surface area contributed by atoms with Crippen LogP contribution in [0.25, 0.3) is 0 Å². The van der Waals surface area contributed by atoms with Gasteiger partial charge in [-0.2, -0.15) is 17.5 Å². The highest BCUT2D eigenvalue weighted by Gasteiger charge is 2.50. The predicted molar refractivity (Wildman–Crippen MR) is 123 cm³/mol. The Labute approximate surface area is 197 Å². The van der Waals surface area contributed by atoms with Crippen LogP contribution in [-0.2, 0) is 10.0 Å². The van der Waals surface area contributed by atoms with Gasteiger partial charge in [0.15, 0.2) is 5.96 Å². The van der Waals surface area contributed by atoms with Gasteiger partial charge in [0, 0.05) is 38.1 Å². The lowest BCUT2D eigenvalue weighted by Gasteiger charge is -2.32. The van der Waals surface area contributed by atoms with Crippen molar-refractivity contribution in [3.05, 3.63) is 29.8 Å². The van der Waals surface area contributed by atoms with E-state index in [1.54, 1.807) is 0 Å². The second-order valence-electron chi connectivity index (χ2n) is 7.36. The summed E-state index contributed by atoms with van der Waals surface area (Å²) in [5.74, 6) is 1.68. The van der Waals surface area contributed by atoms with Gasteiger partial charge >= 0.3 is 15.5 Å². The van der Waals surface area contributed by atoms with Crippen molar-refractivity contribution in [2.24, 2.45) is 4.99 Å². The van der Waals surface area contributed by atoms with Gasteiger partial charge in [-0.3, -0.25) is 4.99 Å². The molecule has 1 saturated heterocycles. The zero-order valence-electron chi connectivity index (χ0n) is 17.2. The first-order valence-electron chi connectivity index (χ1n) is 10.1. The Bertz CT molecular complexity index is 859. The van der Waals surface area contributed by atoms with Crippen LogP contribution in [0.2, 0.25) is 0 Å². The second-order valence-corrected chi connectivity index (χ2v) is 9.29. The average molecular weight is 576 g/mol. The smallest absolute Gasteiger partial charge is 0.493 e. The van der Waals surface area contributed by atoms with Crippen molar-refractivity contribution in [2.75, 3.05) is 32.8 Å². The summed E-state index contributed by atoms with van der Waals surface area (Å²) in [5.41, 5.74) is -4.14. The molecule has 2 aliphatic rings. The number of fused-ring (bicyclic) bond motifs is 1. The fourth-order valence-electron chi connectivity index (χ4n) is 3.71. The molecule has 2 aliphatic heterocycles. The molecule has 0 bridgehead atoms. The average Bonchev–Trinajstić information content (AvgIpc) is 2.72. The molecule has 2 heterocycles. The van der Waals surface area contributed by atoms with Gasteiger partial charge in [0.05, 0.1) is 6.61 Å². The number of hydrogen-bond acceptors (Lipinski definition) is 4. The molecule has 1 atom stereocenters. The minimum atomic E-state index is -5.27. The van der Waals surface area contributed by atoms with Gasteiger partial charge in [0.1, 0.15) is 5.75 Å². The Morgan fingerprint density at radius 1 is 1.23 bits per heavy atom. The van der Waals surface area contributed by atoms with Crippen LogP contribution in [0.15, 0.2) is 29.3 Å². The molecule has 0 radical (unpaired) electrons. The van der Waals surface area contributed by atoms with E-state index in [-0.39, 0.29) is 61.9 Å². The van der Waals surface area contributed by atoms with E-state index in [0.29, 0.717) is 30.0 Å². The Morgan fingerprint density at radius 3 is 2.55 bits per heavy atom. The summed E-state index contributed by atoms with van der Waals surface area (Å²) in [5, 5.41) is 6.39. The maximum Gasteiger partial charge on any atom is 0.511 e. The molecule has 1 aromatic carbocycles. The largest absolute Gasteiger partial charge is 0.511 e. The Kier molecular flexibility index (Phi) is 9.25. The summed E-state index contributed by atoms with van der Waals surface area (Å²) in [7, 11) is -5.27. The van der Waals surface area contributed by atoms with E-state index in [0.717, 1.165) is 17.7 Å². The van der Waals surface area contributed by atoms with E-state index in [1.807, 2.05) is 31.2 Å². The summed E-state index contributed by atoms with van der Waals surface area (Å²) in [6.07, 6.45) is 1.41. The molecule has 0 amide bonds.